The third-order valence-electron chi connectivity index (χ3n) is 3.69. The Hall–Kier alpha value is -2.27. The Bertz CT molecular complexity index is 787. The second-order valence-electron chi connectivity index (χ2n) is 5.56. The highest BCUT2D eigenvalue weighted by Gasteiger charge is 2.06. The number of rotatable bonds is 8. The Balaban J connectivity index is 2.08. The number of carbonyl (C=O) groups excluding carboxylic acids is 1. The van der Waals surface area contributed by atoms with E-state index in [0.717, 1.165) is 22.1 Å². The van der Waals surface area contributed by atoms with Gasteiger partial charge in [-0.25, -0.2) is 0 Å². The average Bonchev–Trinajstić information content (AvgIpc) is 2.64. The molecule has 0 radical (unpaired) electrons. The Morgan fingerprint density at radius 3 is 2.42 bits per heavy atom. The first kappa shape index (κ1) is 20.0. The number of ether oxygens (including phenoxy) is 2. The van der Waals surface area contributed by atoms with Crippen molar-refractivity contribution >= 4 is 33.6 Å². The molecule has 4 nitrogen and oxygen atoms in total. The van der Waals surface area contributed by atoms with Crippen LogP contribution in [-0.2, 0) is 11.2 Å². The summed E-state index contributed by atoms with van der Waals surface area (Å²) in [5.74, 6) is 1.19. The largest absolute Gasteiger partial charge is 0.490 e. The van der Waals surface area contributed by atoms with Gasteiger partial charge in [-0.05, 0) is 77.7 Å². The third-order valence-corrected chi connectivity index (χ3v) is 4.35. The summed E-state index contributed by atoms with van der Waals surface area (Å²) in [6.07, 6.45) is 4.21. The molecule has 0 aromatic heterocycles. The maximum atomic E-state index is 12.2. The second-order valence-corrected chi connectivity index (χ2v) is 6.42. The lowest BCUT2D eigenvalue weighted by atomic mass is 10.1. The molecule has 0 aliphatic rings. The second kappa shape index (κ2) is 10.0. The number of benzene rings is 2. The molecule has 0 saturated carbocycles. The maximum absolute atomic E-state index is 12.2. The molecule has 1 N–H and O–H groups in total. The lowest BCUT2D eigenvalue weighted by molar-refractivity contribution is -0.111. The van der Waals surface area contributed by atoms with Crippen LogP contribution in [0.15, 0.2) is 46.9 Å². The molecule has 0 unspecified atom stereocenters. The summed E-state index contributed by atoms with van der Waals surface area (Å²) >= 11 is 3.49. The van der Waals surface area contributed by atoms with Gasteiger partial charge in [0.15, 0.2) is 11.5 Å². The number of hydrogen-bond acceptors (Lipinski definition) is 3. The van der Waals surface area contributed by atoms with Crippen molar-refractivity contribution in [2.45, 2.75) is 27.2 Å². The lowest BCUT2D eigenvalue weighted by Gasteiger charge is -2.11. The van der Waals surface area contributed by atoms with E-state index in [-0.39, 0.29) is 5.91 Å². The highest BCUT2D eigenvalue weighted by atomic mass is 79.9. The number of nitrogens with one attached hydrogen (secondary N) is 1. The first-order valence-electron chi connectivity index (χ1n) is 8.74. The summed E-state index contributed by atoms with van der Waals surface area (Å²) in [6, 6.07) is 11.5. The van der Waals surface area contributed by atoms with Crippen molar-refractivity contribution < 1.29 is 14.3 Å². The molecule has 2 rings (SSSR count). The van der Waals surface area contributed by atoms with Gasteiger partial charge in [0.05, 0.1) is 18.9 Å². The summed E-state index contributed by atoms with van der Waals surface area (Å²) in [5.41, 5.74) is 2.83. The molecule has 1 amide bonds. The molecule has 0 saturated heterocycles. The van der Waals surface area contributed by atoms with Crippen LogP contribution in [0, 0.1) is 0 Å². The molecule has 0 heterocycles. The standard InChI is InChI=1S/C21H24BrNO3/c1-4-15-7-10-18(17(22)13-15)23-21(24)12-9-16-8-11-19(25-5-2)20(14-16)26-6-3/h7-14H,4-6H2,1-3H3,(H,23,24)/b12-9+. The Kier molecular flexibility index (Phi) is 7.73. The lowest BCUT2D eigenvalue weighted by Crippen LogP contribution is -2.08. The van der Waals surface area contributed by atoms with E-state index in [4.69, 9.17) is 9.47 Å². The van der Waals surface area contributed by atoms with Gasteiger partial charge in [0, 0.05) is 10.5 Å². The first-order chi connectivity index (χ1) is 12.6. The number of hydrogen-bond donors (Lipinski definition) is 1. The van der Waals surface area contributed by atoms with E-state index in [2.05, 4.69) is 28.2 Å². The fraction of sp³-hybridized carbons (Fsp3) is 0.286. The topological polar surface area (TPSA) is 47.6 Å². The number of carbonyl (C=O) groups is 1. The predicted octanol–water partition coefficient (Wildman–Crippen LogP) is 5.46. The van der Waals surface area contributed by atoms with Gasteiger partial charge in [0.1, 0.15) is 0 Å². The van der Waals surface area contributed by atoms with Gasteiger partial charge in [-0.1, -0.05) is 19.1 Å². The molecule has 2 aromatic carbocycles. The number of aryl methyl sites for hydroxylation is 1. The minimum Gasteiger partial charge on any atom is -0.490 e. The van der Waals surface area contributed by atoms with Crippen LogP contribution in [0.25, 0.3) is 6.08 Å². The van der Waals surface area contributed by atoms with Crippen molar-refractivity contribution in [2.75, 3.05) is 18.5 Å². The van der Waals surface area contributed by atoms with E-state index in [1.807, 2.05) is 50.2 Å². The van der Waals surface area contributed by atoms with Crippen LogP contribution in [0.3, 0.4) is 0 Å². The molecule has 2 aromatic rings. The summed E-state index contributed by atoms with van der Waals surface area (Å²) in [6.45, 7) is 7.07. The van der Waals surface area contributed by atoms with Gasteiger partial charge in [-0.2, -0.15) is 0 Å². The van der Waals surface area contributed by atoms with Gasteiger partial charge >= 0.3 is 0 Å². The fourth-order valence-electron chi connectivity index (χ4n) is 2.40. The Labute approximate surface area is 163 Å². The minimum absolute atomic E-state index is 0.193. The summed E-state index contributed by atoms with van der Waals surface area (Å²) in [7, 11) is 0. The average molecular weight is 418 g/mol. The van der Waals surface area contributed by atoms with Crippen LogP contribution >= 0.6 is 15.9 Å². The highest BCUT2D eigenvalue weighted by molar-refractivity contribution is 9.10. The van der Waals surface area contributed by atoms with Crippen LogP contribution in [0.2, 0.25) is 0 Å². The molecule has 0 aliphatic carbocycles. The van der Waals surface area contributed by atoms with E-state index >= 15 is 0 Å². The van der Waals surface area contributed by atoms with Crippen molar-refractivity contribution in [3.8, 4) is 11.5 Å². The zero-order valence-corrected chi connectivity index (χ0v) is 16.9. The van der Waals surface area contributed by atoms with Crippen LogP contribution in [-0.4, -0.2) is 19.1 Å². The van der Waals surface area contributed by atoms with Crippen LogP contribution in [0.1, 0.15) is 31.9 Å². The van der Waals surface area contributed by atoms with E-state index in [1.54, 1.807) is 6.08 Å². The first-order valence-corrected chi connectivity index (χ1v) is 9.53. The fourth-order valence-corrected chi connectivity index (χ4v) is 2.92. The van der Waals surface area contributed by atoms with E-state index in [0.29, 0.717) is 24.7 Å². The molecule has 0 bridgehead atoms. The molecule has 0 fully saturated rings. The normalized spacial score (nSPS) is 10.8. The van der Waals surface area contributed by atoms with E-state index in [9.17, 15) is 4.79 Å². The van der Waals surface area contributed by atoms with Crippen molar-refractivity contribution in [3.63, 3.8) is 0 Å². The zero-order chi connectivity index (χ0) is 18.9. The van der Waals surface area contributed by atoms with Crippen LogP contribution in [0.4, 0.5) is 5.69 Å². The van der Waals surface area contributed by atoms with Crippen molar-refractivity contribution in [1.82, 2.24) is 0 Å². The van der Waals surface area contributed by atoms with Crippen molar-refractivity contribution in [1.29, 1.82) is 0 Å². The van der Waals surface area contributed by atoms with Crippen molar-refractivity contribution in [2.24, 2.45) is 0 Å². The maximum Gasteiger partial charge on any atom is 0.248 e. The Morgan fingerprint density at radius 2 is 1.77 bits per heavy atom. The molecule has 0 aliphatic heterocycles. The molecule has 0 spiro atoms. The van der Waals surface area contributed by atoms with Gasteiger partial charge in [0.25, 0.3) is 0 Å². The number of halogens is 1. The molecular formula is C21H24BrNO3. The molecule has 138 valence electrons. The number of amides is 1. The van der Waals surface area contributed by atoms with E-state index < -0.39 is 0 Å². The van der Waals surface area contributed by atoms with E-state index in [1.165, 1.54) is 11.6 Å². The third kappa shape index (κ3) is 5.63. The monoisotopic (exact) mass is 417 g/mol. The van der Waals surface area contributed by atoms with Gasteiger partial charge in [-0.15, -0.1) is 0 Å². The smallest absolute Gasteiger partial charge is 0.248 e. The minimum atomic E-state index is -0.193. The van der Waals surface area contributed by atoms with Crippen molar-refractivity contribution in [3.05, 3.63) is 58.1 Å². The summed E-state index contributed by atoms with van der Waals surface area (Å²) < 4.78 is 12.0. The quantitative estimate of drug-likeness (QED) is 0.579. The summed E-state index contributed by atoms with van der Waals surface area (Å²) in [5, 5.41) is 2.87. The molecular weight excluding hydrogens is 394 g/mol. The van der Waals surface area contributed by atoms with Crippen LogP contribution in [0.5, 0.6) is 11.5 Å². The SMILES string of the molecule is CCOc1ccc(/C=C/C(=O)Nc2ccc(CC)cc2Br)cc1OCC. The summed E-state index contributed by atoms with van der Waals surface area (Å²) in [4.78, 5) is 12.2. The molecule has 0 atom stereocenters. The highest BCUT2D eigenvalue weighted by Crippen LogP contribution is 2.29. The van der Waals surface area contributed by atoms with Gasteiger partial charge in [-0.3, -0.25) is 4.79 Å². The number of anilines is 1. The van der Waals surface area contributed by atoms with Crippen LogP contribution < -0.4 is 14.8 Å². The molecule has 26 heavy (non-hydrogen) atoms. The van der Waals surface area contributed by atoms with Gasteiger partial charge in [0.2, 0.25) is 5.91 Å². The molecule has 5 heteroatoms. The van der Waals surface area contributed by atoms with Gasteiger partial charge < -0.3 is 14.8 Å². The predicted molar refractivity (Wildman–Crippen MR) is 110 cm³/mol. The Morgan fingerprint density at radius 1 is 1.04 bits per heavy atom. The zero-order valence-electron chi connectivity index (χ0n) is 15.3.